The lowest BCUT2D eigenvalue weighted by Crippen LogP contribution is -2.57. The van der Waals surface area contributed by atoms with Gasteiger partial charge in [-0.15, -0.1) is 0 Å². The highest BCUT2D eigenvalue weighted by atomic mass is 16.6. The van der Waals surface area contributed by atoms with Gasteiger partial charge in [0.05, 0.1) is 5.69 Å². The van der Waals surface area contributed by atoms with Gasteiger partial charge in [0.25, 0.3) is 5.91 Å². The summed E-state index contributed by atoms with van der Waals surface area (Å²) in [6.07, 6.45) is 1.65. The molecule has 2 rings (SSSR count). The summed E-state index contributed by atoms with van der Waals surface area (Å²) in [4.78, 5) is 30.0. The number of hydrogen-bond acceptors (Lipinski definition) is 5. The lowest BCUT2D eigenvalue weighted by molar-refractivity contribution is -0.125. The summed E-state index contributed by atoms with van der Waals surface area (Å²) >= 11 is 0. The van der Waals surface area contributed by atoms with E-state index >= 15 is 0 Å². The van der Waals surface area contributed by atoms with Gasteiger partial charge >= 0.3 is 12.1 Å². The molecule has 0 unspecified atom stereocenters. The fourth-order valence-electron chi connectivity index (χ4n) is 2.06. The Morgan fingerprint density at radius 1 is 1.30 bits per heavy atom. The molecule has 0 aliphatic carbocycles. The van der Waals surface area contributed by atoms with Gasteiger partial charge in [0, 0.05) is 12.0 Å². The van der Waals surface area contributed by atoms with Crippen LogP contribution in [0.15, 0.2) is 10.7 Å². The molecule has 1 aliphatic rings. The zero-order valence-electron chi connectivity index (χ0n) is 14.6. The number of rotatable bonds is 2. The van der Waals surface area contributed by atoms with Crippen molar-refractivity contribution >= 4 is 18.0 Å². The van der Waals surface area contributed by atoms with E-state index in [0.29, 0.717) is 13.0 Å². The predicted molar refractivity (Wildman–Crippen MR) is 85.2 cm³/mol. The normalized spacial score (nSPS) is 18.3. The third-order valence-corrected chi connectivity index (χ3v) is 3.45. The fraction of sp³-hybridized carbons (Fsp3) is 0.688. The minimum absolute atomic E-state index is 0.149. The van der Waals surface area contributed by atoms with Gasteiger partial charge in [-0.3, -0.25) is 15.0 Å². The van der Waals surface area contributed by atoms with Gasteiger partial charge in [-0.05, 0) is 27.2 Å². The molecule has 0 spiro atoms. The Balaban J connectivity index is 1.96. The van der Waals surface area contributed by atoms with Crippen molar-refractivity contribution in [3.05, 3.63) is 12.0 Å². The van der Waals surface area contributed by atoms with Crippen LogP contribution in [0.2, 0.25) is 0 Å². The third kappa shape index (κ3) is 4.24. The standard InChI is InChI=1S/C16H25N3O4/c1-15(2,3)11-9-22-13(17-11)18-12(20)10-7-8-19(10)14(21)23-16(4,5)6/h9-10H,7-8H2,1-6H3,(H,17,18,20)/t10-/m0/s1. The predicted octanol–water partition coefficient (Wildman–Crippen LogP) is 2.92. The molecule has 1 atom stereocenters. The molecule has 1 fully saturated rings. The monoisotopic (exact) mass is 323 g/mol. The molecule has 128 valence electrons. The highest BCUT2D eigenvalue weighted by molar-refractivity contribution is 5.96. The molecule has 1 aromatic rings. The van der Waals surface area contributed by atoms with Gasteiger partial charge in [0.2, 0.25) is 0 Å². The van der Waals surface area contributed by atoms with Crippen LogP contribution in [0.4, 0.5) is 10.8 Å². The maximum Gasteiger partial charge on any atom is 0.410 e. The first-order chi connectivity index (χ1) is 10.5. The van der Waals surface area contributed by atoms with Crippen molar-refractivity contribution in [2.24, 2.45) is 0 Å². The van der Waals surface area contributed by atoms with Crippen LogP contribution < -0.4 is 5.32 Å². The average Bonchev–Trinajstić information content (AvgIpc) is 2.72. The number of nitrogens with zero attached hydrogens (tertiary/aromatic N) is 2. The molecule has 1 N–H and O–H groups in total. The Morgan fingerprint density at radius 3 is 2.39 bits per heavy atom. The van der Waals surface area contributed by atoms with Gasteiger partial charge in [-0.1, -0.05) is 20.8 Å². The molecule has 0 aromatic carbocycles. The Kier molecular flexibility index (Phi) is 4.41. The number of likely N-dealkylation sites (tertiary alicyclic amines) is 1. The molecule has 23 heavy (non-hydrogen) atoms. The summed E-state index contributed by atoms with van der Waals surface area (Å²) < 4.78 is 10.6. The first-order valence-electron chi connectivity index (χ1n) is 7.74. The number of aromatic nitrogens is 1. The van der Waals surface area contributed by atoms with Gasteiger partial charge in [0.1, 0.15) is 17.9 Å². The summed E-state index contributed by atoms with van der Waals surface area (Å²) in [5.41, 5.74) is 0.00835. The maximum atomic E-state index is 12.3. The summed E-state index contributed by atoms with van der Waals surface area (Å²) in [6, 6.07) is -0.397. The summed E-state index contributed by atoms with van der Waals surface area (Å²) in [7, 11) is 0. The van der Waals surface area contributed by atoms with Gasteiger partial charge in [0.15, 0.2) is 0 Å². The van der Waals surface area contributed by atoms with E-state index in [4.69, 9.17) is 9.15 Å². The molecule has 0 saturated carbocycles. The van der Waals surface area contributed by atoms with Crippen LogP contribution in [-0.4, -0.2) is 40.1 Å². The van der Waals surface area contributed by atoms with Gasteiger partial charge in [-0.2, -0.15) is 4.98 Å². The van der Waals surface area contributed by atoms with Crippen LogP contribution in [0.5, 0.6) is 0 Å². The summed E-state index contributed by atoms with van der Waals surface area (Å²) in [5, 5.41) is 2.62. The zero-order valence-corrected chi connectivity index (χ0v) is 14.6. The number of amides is 2. The molecule has 2 amide bonds. The van der Waals surface area contributed by atoms with Crippen LogP contribution in [0.3, 0.4) is 0 Å². The van der Waals surface area contributed by atoms with E-state index in [1.54, 1.807) is 20.8 Å². The number of ether oxygens (including phenoxy) is 1. The zero-order chi connectivity index (χ0) is 17.4. The van der Waals surface area contributed by atoms with Crippen molar-refractivity contribution in [2.75, 3.05) is 11.9 Å². The molecule has 1 aromatic heterocycles. The quantitative estimate of drug-likeness (QED) is 0.904. The Morgan fingerprint density at radius 2 is 1.96 bits per heavy atom. The molecule has 7 nitrogen and oxygen atoms in total. The lowest BCUT2D eigenvalue weighted by atomic mass is 9.93. The van der Waals surface area contributed by atoms with Crippen molar-refractivity contribution < 1.29 is 18.7 Å². The highest BCUT2D eigenvalue weighted by Gasteiger charge is 2.40. The van der Waals surface area contributed by atoms with Crippen LogP contribution in [-0.2, 0) is 14.9 Å². The van der Waals surface area contributed by atoms with E-state index in [9.17, 15) is 9.59 Å². The molecule has 0 bridgehead atoms. The number of anilines is 1. The second kappa shape index (κ2) is 5.86. The lowest BCUT2D eigenvalue weighted by Gasteiger charge is -2.39. The van der Waals surface area contributed by atoms with Crippen molar-refractivity contribution in [3.63, 3.8) is 0 Å². The Bertz CT molecular complexity index is 595. The van der Waals surface area contributed by atoms with E-state index in [-0.39, 0.29) is 17.3 Å². The van der Waals surface area contributed by atoms with Crippen molar-refractivity contribution in [2.45, 2.75) is 65.0 Å². The first kappa shape index (κ1) is 17.3. The van der Waals surface area contributed by atoms with E-state index in [0.717, 1.165) is 5.69 Å². The van der Waals surface area contributed by atoms with Crippen molar-refractivity contribution in [1.82, 2.24) is 9.88 Å². The molecular formula is C16H25N3O4. The highest BCUT2D eigenvalue weighted by Crippen LogP contribution is 2.25. The Hall–Kier alpha value is -2.05. The SMILES string of the molecule is CC(C)(C)OC(=O)N1CC[C@H]1C(=O)Nc1nc(C(C)(C)C)co1. The van der Waals surface area contributed by atoms with Crippen LogP contribution in [0.1, 0.15) is 53.7 Å². The minimum Gasteiger partial charge on any atom is -0.444 e. The van der Waals surface area contributed by atoms with E-state index in [2.05, 4.69) is 10.3 Å². The van der Waals surface area contributed by atoms with E-state index < -0.39 is 17.7 Å². The van der Waals surface area contributed by atoms with E-state index in [1.807, 2.05) is 20.8 Å². The smallest absolute Gasteiger partial charge is 0.410 e. The first-order valence-corrected chi connectivity index (χ1v) is 7.74. The minimum atomic E-state index is -0.585. The molecule has 0 radical (unpaired) electrons. The van der Waals surface area contributed by atoms with Crippen molar-refractivity contribution in [1.29, 1.82) is 0 Å². The largest absolute Gasteiger partial charge is 0.444 e. The van der Waals surface area contributed by atoms with Crippen LogP contribution >= 0.6 is 0 Å². The van der Waals surface area contributed by atoms with Gasteiger partial charge < -0.3 is 9.15 Å². The second-order valence-electron chi connectivity index (χ2n) is 7.76. The summed E-state index contributed by atoms with van der Waals surface area (Å²) in [5.74, 6) is -0.315. The molecule has 1 saturated heterocycles. The van der Waals surface area contributed by atoms with Crippen molar-refractivity contribution in [3.8, 4) is 0 Å². The molecule has 7 heteroatoms. The maximum absolute atomic E-state index is 12.3. The topological polar surface area (TPSA) is 84.7 Å². The molecule has 1 aliphatic heterocycles. The number of oxazole rings is 1. The number of carbonyl (C=O) groups is 2. The van der Waals surface area contributed by atoms with Gasteiger partial charge in [-0.25, -0.2) is 4.79 Å². The molecule has 2 heterocycles. The second-order valence-corrected chi connectivity index (χ2v) is 7.76. The molecular weight excluding hydrogens is 298 g/mol. The average molecular weight is 323 g/mol. The fourth-order valence-corrected chi connectivity index (χ4v) is 2.06. The van der Waals surface area contributed by atoms with Crippen LogP contribution in [0, 0.1) is 0 Å². The Labute approximate surface area is 136 Å². The number of hydrogen-bond donors (Lipinski definition) is 1. The summed E-state index contributed by atoms with van der Waals surface area (Å²) in [6.45, 7) is 11.9. The number of carbonyl (C=O) groups excluding carboxylic acids is 2. The van der Waals surface area contributed by atoms with E-state index in [1.165, 1.54) is 11.2 Å². The number of nitrogens with one attached hydrogen (secondary N) is 1. The third-order valence-electron chi connectivity index (χ3n) is 3.45. The van der Waals surface area contributed by atoms with Crippen LogP contribution in [0.25, 0.3) is 0 Å².